The van der Waals surface area contributed by atoms with E-state index in [0.717, 1.165) is 39.8 Å². The summed E-state index contributed by atoms with van der Waals surface area (Å²) >= 11 is 0. The summed E-state index contributed by atoms with van der Waals surface area (Å²) in [6.07, 6.45) is 1.21. The molecule has 0 radical (unpaired) electrons. The lowest BCUT2D eigenvalue weighted by molar-refractivity contribution is 0.126. The second kappa shape index (κ2) is 9.13. The number of imidazole rings is 1. The molecule has 2 aromatic heterocycles. The first kappa shape index (κ1) is 20.8. The Morgan fingerprint density at radius 3 is 2.52 bits per heavy atom. The number of nitrogen functional groups attached to an aromatic ring is 1. The monoisotopic (exact) mass is 414 g/mol. The lowest BCUT2D eigenvalue weighted by Crippen LogP contribution is -2.13. The smallest absolute Gasteiger partial charge is 0.152 e. The van der Waals surface area contributed by atoms with Gasteiger partial charge < -0.3 is 20.8 Å². The zero-order valence-electron chi connectivity index (χ0n) is 17.6. The maximum Gasteiger partial charge on any atom is 0.152 e. The molecule has 0 aliphatic heterocycles. The quantitative estimate of drug-likeness (QED) is 0.457. The average molecular weight is 415 g/mol. The van der Waals surface area contributed by atoms with E-state index < -0.39 is 0 Å². The Bertz CT molecular complexity index is 1250. The van der Waals surface area contributed by atoms with E-state index in [2.05, 4.69) is 46.0 Å². The van der Waals surface area contributed by atoms with Crippen molar-refractivity contribution in [3.05, 3.63) is 65.0 Å². The summed E-state index contributed by atoms with van der Waals surface area (Å²) in [6, 6.07) is 16.6. The second-order valence-corrected chi connectivity index (χ2v) is 7.48. The van der Waals surface area contributed by atoms with Gasteiger partial charge in [0.05, 0.1) is 23.5 Å². The number of nitrogens with two attached hydrogens (primary N) is 2. The molecule has 7 heteroatoms. The highest BCUT2D eigenvalue weighted by Gasteiger charge is 2.17. The van der Waals surface area contributed by atoms with E-state index in [1.165, 1.54) is 5.56 Å². The van der Waals surface area contributed by atoms with Crippen LogP contribution in [0.3, 0.4) is 0 Å². The summed E-state index contributed by atoms with van der Waals surface area (Å²) < 4.78 is 7.69. The van der Waals surface area contributed by atoms with E-state index in [1.54, 1.807) is 0 Å². The molecule has 0 saturated heterocycles. The standard InChI is InChI=1S/C24H26N6O/c1-2-31-15-21-29-22-23(30(21)12-11-26)19-8-7-18(14-20(19)28-24(22)27)13-17-5-3-16(4-6-17)9-10-25/h3-8,14H,2,9,11-13,15,26H2,1H3,(H2,27,28). The molecule has 0 aliphatic carbocycles. The number of nitriles is 1. The van der Waals surface area contributed by atoms with Gasteiger partial charge in [0.25, 0.3) is 0 Å². The molecule has 31 heavy (non-hydrogen) atoms. The van der Waals surface area contributed by atoms with Crippen molar-refractivity contribution in [1.29, 1.82) is 5.26 Å². The summed E-state index contributed by atoms with van der Waals surface area (Å²) in [5, 5.41) is 9.83. The molecule has 4 aromatic rings. The summed E-state index contributed by atoms with van der Waals surface area (Å²) in [6.45, 7) is 4.11. The van der Waals surface area contributed by atoms with Crippen molar-refractivity contribution < 1.29 is 4.74 Å². The van der Waals surface area contributed by atoms with Gasteiger partial charge in [0.15, 0.2) is 5.82 Å². The van der Waals surface area contributed by atoms with Gasteiger partial charge in [-0.15, -0.1) is 0 Å². The van der Waals surface area contributed by atoms with Crippen LogP contribution in [0.25, 0.3) is 21.9 Å². The molecule has 0 aliphatic rings. The van der Waals surface area contributed by atoms with Crippen LogP contribution in [-0.4, -0.2) is 27.7 Å². The number of hydrogen-bond donors (Lipinski definition) is 2. The number of hydrogen-bond acceptors (Lipinski definition) is 6. The van der Waals surface area contributed by atoms with Crippen LogP contribution in [0.5, 0.6) is 0 Å². The molecule has 0 spiro atoms. The van der Waals surface area contributed by atoms with E-state index in [4.69, 9.17) is 26.5 Å². The fourth-order valence-electron chi connectivity index (χ4n) is 3.89. The summed E-state index contributed by atoms with van der Waals surface area (Å²) in [4.78, 5) is 9.34. The van der Waals surface area contributed by atoms with E-state index in [1.807, 2.05) is 19.1 Å². The number of aromatic nitrogens is 3. The van der Waals surface area contributed by atoms with E-state index in [-0.39, 0.29) is 0 Å². The second-order valence-electron chi connectivity index (χ2n) is 7.48. The number of anilines is 1. The van der Waals surface area contributed by atoms with Crippen LogP contribution in [0.4, 0.5) is 5.82 Å². The molecule has 0 amide bonds. The number of pyridine rings is 1. The number of fused-ring (bicyclic) bond motifs is 3. The molecule has 0 saturated carbocycles. The van der Waals surface area contributed by atoms with Crippen LogP contribution in [0.2, 0.25) is 0 Å². The van der Waals surface area contributed by atoms with Crippen LogP contribution in [-0.2, 0) is 30.7 Å². The molecule has 4 N–H and O–H groups in total. The first-order valence-electron chi connectivity index (χ1n) is 10.4. The maximum atomic E-state index is 8.83. The van der Waals surface area contributed by atoms with Gasteiger partial charge in [0, 0.05) is 25.1 Å². The lowest BCUT2D eigenvalue weighted by atomic mass is 10.0. The van der Waals surface area contributed by atoms with Gasteiger partial charge in [-0.1, -0.05) is 36.4 Å². The van der Waals surface area contributed by atoms with Crippen molar-refractivity contribution in [2.45, 2.75) is 32.9 Å². The largest absolute Gasteiger partial charge is 0.382 e. The molecule has 0 fully saturated rings. The number of ether oxygens (including phenoxy) is 1. The predicted octanol–water partition coefficient (Wildman–Crippen LogP) is 3.32. The lowest BCUT2D eigenvalue weighted by Gasteiger charge is -2.11. The van der Waals surface area contributed by atoms with Crippen LogP contribution in [0, 0.1) is 11.3 Å². The van der Waals surface area contributed by atoms with E-state index in [9.17, 15) is 0 Å². The normalized spacial score (nSPS) is 11.3. The van der Waals surface area contributed by atoms with Gasteiger partial charge in [-0.2, -0.15) is 5.26 Å². The highest BCUT2D eigenvalue weighted by molar-refractivity contribution is 6.06. The molecule has 0 bridgehead atoms. The minimum Gasteiger partial charge on any atom is -0.382 e. The SMILES string of the molecule is CCOCc1nc2c(N)nc3cc(Cc4ccc(CC#N)cc4)ccc3c2n1CCN. The zero-order chi connectivity index (χ0) is 21.8. The Kier molecular flexibility index (Phi) is 6.12. The Balaban J connectivity index is 1.75. The third-order valence-corrected chi connectivity index (χ3v) is 5.35. The first-order chi connectivity index (χ1) is 15.1. The molecule has 0 unspecified atom stereocenters. The Labute approximate surface area is 181 Å². The van der Waals surface area contributed by atoms with Gasteiger partial charge in [-0.3, -0.25) is 0 Å². The van der Waals surface area contributed by atoms with Crippen molar-refractivity contribution in [3.8, 4) is 6.07 Å². The fourth-order valence-corrected chi connectivity index (χ4v) is 3.89. The minimum atomic E-state index is 0.409. The highest BCUT2D eigenvalue weighted by atomic mass is 16.5. The molecule has 0 atom stereocenters. The van der Waals surface area contributed by atoms with Crippen LogP contribution in [0.1, 0.15) is 29.4 Å². The molecular formula is C24H26N6O. The summed E-state index contributed by atoms with van der Waals surface area (Å²) in [5.74, 6) is 1.22. The van der Waals surface area contributed by atoms with E-state index >= 15 is 0 Å². The highest BCUT2D eigenvalue weighted by Crippen LogP contribution is 2.30. The van der Waals surface area contributed by atoms with Crippen molar-refractivity contribution in [2.75, 3.05) is 18.9 Å². The fraction of sp³-hybridized carbons (Fsp3) is 0.292. The molecule has 2 heterocycles. The Morgan fingerprint density at radius 1 is 1.06 bits per heavy atom. The van der Waals surface area contributed by atoms with Gasteiger partial charge >= 0.3 is 0 Å². The van der Waals surface area contributed by atoms with Gasteiger partial charge in [0.2, 0.25) is 0 Å². The van der Waals surface area contributed by atoms with Gasteiger partial charge in [-0.25, -0.2) is 9.97 Å². The Hall–Kier alpha value is -3.47. The molecule has 158 valence electrons. The number of nitrogens with zero attached hydrogens (tertiary/aromatic N) is 4. The minimum absolute atomic E-state index is 0.409. The maximum absolute atomic E-state index is 8.83. The van der Waals surface area contributed by atoms with E-state index in [0.29, 0.717) is 44.1 Å². The van der Waals surface area contributed by atoms with Crippen molar-refractivity contribution in [3.63, 3.8) is 0 Å². The molecule has 7 nitrogen and oxygen atoms in total. The molecular weight excluding hydrogens is 388 g/mol. The van der Waals surface area contributed by atoms with Crippen LogP contribution in [0.15, 0.2) is 42.5 Å². The molecule has 2 aromatic carbocycles. The van der Waals surface area contributed by atoms with Gasteiger partial charge in [0.1, 0.15) is 17.9 Å². The van der Waals surface area contributed by atoms with Gasteiger partial charge in [-0.05, 0) is 36.1 Å². The summed E-state index contributed by atoms with van der Waals surface area (Å²) in [7, 11) is 0. The topological polar surface area (TPSA) is 116 Å². The third kappa shape index (κ3) is 4.22. The average Bonchev–Trinajstić information content (AvgIpc) is 3.13. The van der Waals surface area contributed by atoms with Crippen LogP contribution >= 0.6 is 0 Å². The van der Waals surface area contributed by atoms with Crippen molar-refractivity contribution >= 4 is 27.8 Å². The Morgan fingerprint density at radius 2 is 1.81 bits per heavy atom. The number of rotatable bonds is 8. The van der Waals surface area contributed by atoms with Crippen molar-refractivity contribution in [2.24, 2.45) is 5.73 Å². The van der Waals surface area contributed by atoms with Crippen LogP contribution < -0.4 is 11.5 Å². The summed E-state index contributed by atoms with van der Waals surface area (Å²) in [5.41, 5.74) is 18.0. The zero-order valence-corrected chi connectivity index (χ0v) is 17.6. The molecule has 4 rings (SSSR count). The number of benzene rings is 2. The third-order valence-electron chi connectivity index (χ3n) is 5.35. The first-order valence-corrected chi connectivity index (χ1v) is 10.4. The predicted molar refractivity (Wildman–Crippen MR) is 122 cm³/mol. The van der Waals surface area contributed by atoms with Crippen molar-refractivity contribution in [1.82, 2.24) is 14.5 Å².